The second-order valence-electron chi connectivity index (χ2n) is 9.65. The number of furan rings is 1. The molecule has 1 amide bonds. The molecule has 1 heterocycles. The fourth-order valence-corrected chi connectivity index (χ4v) is 6.21. The van der Waals surface area contributed by atoms with Crippen LogP contribution in [0.4, 0.5) is 10.1 Å². The number of nitrogens with zero attached hydrogens (tertiary/aromatic N) is 1. The number of rotatable bonds is 8. The fourth-order valence-electron chi connectivity index (χ4n) is 4.75. The van der Waals surface area contributed by atoms with Crippen molar-refractivity contribution in [1.29, 1.82) is 0 Å². The van der Waals surface area contributed by atoms with Gasteiger partial charge in [0, 0.05) is 27.6 Å². The maximum Gasteiger partial charge on any atom is 0.338 e. The number of fused-ring (bicyclic) bond motifs is 1. The molecular formula is C29H26FIN2O6S. The Bertz CT molecular complexity index is 1760. The zero-order chi connectivity index (χ0) is 28.8. The lowest BCUT2D eigenvalue weighted by Crippen LogP contribution is -2.30. The van der Waals surface area contributed by atoms with E-state index < -0.39 is 27.7 Å². The van der Waals surface area contributed by atoms with E-state index in [0.29, 0.717) is 36.9 Å². The molecule has 5 rings (SSSR count). The summed E-state index contributed by atoms with van der Waals surface area (Å²) in [5.41, 5.74) is 3.07. The Balaban J connectivity index is 1.70. The molecule has 0 unspecified atom stereocenters. The van der Waals surface area contributed by atoms with Gasteiger partial charge in [-0.05, 0) is 82.8 Å². The van der Waals surface area contributed by atoms with Crippen molar-refractivity contribution in [2.24, 2.45) is 0 Å². The van der Waals surface area contributed by atoms with Crippen LogP contribution in [0.25, 0.3) is 22.3 Å². The maximum absolute atomic E-state index is 14.1. The van der Waals surface area contributed by atoms with Crippen molar-refractivity contribution in [2.45, 2.75) is 25.3 Å². The number of amides is 1. The number of halogens is 2. The van der Waals surface area contributed by atoms with E-state index in [1.165, 1.54) is 36.7 Å². The van der Waals surface area contributed by atoms with Crippen molar-refractivity contribution in [3.05, 3.63) is 86.2 Å². The normalized spacial score (nSPS) is 13.3. The van der Waals surface area contributed by atoms with Crippen LogP contribution >= 0.6 is 22.6 Å². The van der Waals surface area contributed by atoms with Crippen molar-refractivity contribution >= 4 is 61.1 Å². The summed E-state index contributed by atoms with van der Waals surface area (Å²) in [6.07, 6.45) is 2.87. The molecule has 3 aromatic carbocycles. The van der Waals surface area contributed by atoms with Gasteiger partial charge in [-0.2, -0.15) is 0 Å². The van der Waals surface area contributed by atoms with Gasteiger partial charge in [0.15, 0.2) is 0 Å². The highest BCUT2D eigenvalue weighted by Crippen LogP contribution is 2.48. The number of ether oxygens (including phenoxy) is 1. The largest absolute Gasteiger partial charge is 0.465 e. The molecule has 0 bridgehead atoms. The Morgan fingerprint density at radius 2 is 1.90 bits per heavy atom. The molecule has 1 aliphatic carbocycles. The van der Waals surface area contributed by atoms with Crippen molar-refractivity contribution < 1.29 is 31.6 Å². The smallest absolute Gasteiger partial charge is 0.338 e. The molecule has 1 fully saturated rings. The van der Waals surface area contributed by atoms with E-state index in [-0.39, 0.29) is 23.8 Å². The molecule has 0 saturated heterocycles. The predicted molar refractivity (Wildman–Crippen MR) is 158 cm³/mol. The van der Waals surface area contributed by atoms with E-state index in [1.807, 2.05) is 28.7 Å². The minimum Gasteiger partial charge on any atom is -0.465 e. The minimum atomic E-state index is -3.80. The van der Waals surface area contributed by atoms with Crippen LogP contribution in [0.3, 0.4) is 0 Å². The number of anilines is 1. The number of hydrogen-bond acceptors (Lipinski definition) is 6. The quantitative estimate of drug-likeness (QED) is 0.186. The van der Waals surface area contributed by atoms with Crippen LogP contribution in [-0.4, -0.2) is 40.7 Å². The first-order valence-electron chi connectivity index (χ1n) is 12.4. The second kappa shape index (κ2) is 10.8. The number of carbonyl (C=O) groups excluding carboxylic acids is 2. The molecule has 11 heteroatoms. The summed E-state index contributed by atoms with van der Waals surface area (Å²) in [6, 6.07) is 14.3. The van der Waals surface area contributed by atoms with E-state index in [9.17, 15) is 22.4 Å². The van der Waals surface area contributed by atoms with Crippen molar-refractivity contribution in [3.8, 4) is 11.3 Å². The molecule has 0 radical (unpaired) electrons. The van der Waals surface area contributed by atoms with Gasteiger partial charge in [-0.1, -0.05) is 18.2 Å². The molecule has 208 valence electrons. The molecule has 0 atom stereocenters. The molecule has 1 aromatic heterocycles. The van der Waals surface area contributed by atoms with E-state index >= 15 is 0 Å². The van der Waals surface area contributed by atoms with E-state index in [0.717, 1.165) is 24.7 Å². The van der Waals surface area contributed by atoms with Crippen LogP contribution in [0.5, 0.6) is 0 Å². The highest BCUT2D eigenvalue weighted by Gasteiger charge is 2.33. The number of methoxy groups -OCH3 is 1. The molecule has 1 saturated carbocycles. The van der Waals surface area contributed by atoms with Gasteiger partial charge < -0.3 is 14.5 Å². The third-order valence-corrected chi connectivity index (χ3v) is 8.89. The highest BCUT2D eigenvalue weighted by molar-refractivity contribution is 14.1. The minimum absolute atomic E-state index is 0.0370. The first-order chi connectivity index (χ1) is 19.0. The Morgan fingerprint density at radius 1 is 1.15 bits per heavy atom. The molecule has 8 nitrogen and oxygen atoms in total. The van der Waals surface area contributed by atoms with Gasteiger partial charge in [0.05, 0.1) is 36.7 Å². The predicted octanol–water partition coefficient (Wildman–Crippen LogP) is 5.83. The van der Waals surface area contributed by atoms with Gasteiger partial charge >= 0.3 is 5.97 Å². The number of sulfonamides is 1. The molecule has 0 spiro atoms. The Morgan fingerprint density at radius 3 is 2.52 bits per heavy atom. The lowest BCUT2D eigenvalue weighted by atomic mass is 10.00. The number of carbonyl (C=O) groups is 2. The van der Waals surface area contributed by atoms with Crippen LogP contribution < -0.4 is 9.62 Å². The van der Waals surface area contributed by atoms with E-state index in [2.05, 4.69) is 5.32 Å². The Labute approximate surface area is 244 Å². The average Bonchev–Trinajstić information content (AvgIpc) is 3.70. The van der Waals surface area contributed by atoms with E-state index in [4.69, 9.17) is 9.15 Å². The van der Waals surface area contributed by atoms with Crippen LogP contribution in [0.1, 0.15) is 50.6 Å². The average molecular weight is 677 g/mol. The monoisotopic (exact) mass is 676 g/mol. The Hall–Kier alpha value is -3.45. The SMILES string of the molecule is CNC(=O)c1c(-c2cccc(F)c2)oc2cc(N(Cc3ccc(I)c(C(=O)OC)c3)S(C)(=O)=O)c(C3CC3)cc12. The summed E-state index contributed by atoms with van der Waals surface area (Å²) in [5.74, 6) is -1.09. The molecule has 40 heavy (non-hydrogen) atoms. The molecule has 1 N–H and O–H groups in total. The molecular weight excluding hydrogens is 650 g/mol. The zero-order valence-electron chi connectivity index (χ0n) is 22.0. The summed E-state index contributed by atoms with van der Waals surface area (Å²) in [4.78, 5) is 25.3. The van der Waals surface area contributed by atoms with Crippen LogP contribution in [-0.2, 0) is 21.3 Å². The number of esters is 1. The topological polar surface area (TPSA) is 106 Å². The summed E-state index contributed by atoms with van der Waals surface area (Å²) >= 11 is 2.03. The van der Waals surface area contributed by atoms with Gasteiger partial charge in [0.25, 0.3) is 5.91 Å². The first kappa shape index (κ1) is 28.1. The third-order valence-electron chi connectivity index (χ3n) is 6.83. The Kier molecular flexibility index (Phi) is 7.62. The second-order valence-corrected chi connectivity index (χ2v) is 12.7. The van der Waals surface area contributed by atoms with Crippen molar-refractivity contribution in [1.82, 2.24) is 5.32 Å². The summed E-state index contributed by atoms with van der Waals surface area (Å²) in [6.45, 7) is -0.0370. The van der Waals surface area contributed by atoms with Crippen LogP contribution in [0.2, 0.25) is 0 Å². The molecule has 4 aromatic rings. The number of benzene rings is 3. The highest BCUT2D eigenvalue weighted by atomic mass is 127. The first-order valence-corrected chi connectivity index (χ1v) is 15.4. The third kappa shape index (κ3) is 5.44. The van der Waals surface area contributed by atoms with Gasteiger partial charge in [0.2, 0.25) is 10.0 Å². The van der Waals surface area contributed by atoms with Crippen molar-refractivity contribution in [3.63, 3.8) is 0 Å². The maximum atomic E-state index is 14.1. The fraction of sp³-hybridized carbons (Fsp3) is 0.241. The number of hydrogen-bond donors (Lipinski definition) is 1. The van der Waals surface area contributed by atoms with Gasteiger partial charge in [-0.3, -0.25) is 9.10 Å². The lowest BCUT2D eigenvalue weighted by molar-refractivity contribution is 0.0599. The van der Waals surface area contributed by atoms with E-state index in [1.54, 1.807) is 30.3 Å². The zero-order valence-corrected chi connectivity index (χ0v) is 24.9. The summed E-state index contributed by atoms with van der Waals surface area (Å²) in [5, 5.41) is 3.14. The summed E-state index contributed by atoms with van der Waals surface area (Å²) in [7, 11) is -1.01. The standard InChI is InChI=1S/C29H26FIN2O6S/c1-32-28(34)26-22-13-20(17-8-9-17)24(14-25(22)39-27(26)18-5-4-6-19(30)12-18)33(40(3,36)37)15-16-7-10-23(31)21(11-16)29(35)38-2/h4-7,10-14,17H,8-9,15H2,1-3H3,(H,32,34). The summed E-state index contributed by atoms with van der Waals surface area (Å²) < 4.78 is 53.5. The van der Waals surface area contributed by atoms with Crippen molar-refractivity contribution in [2.75, 3.05) is 24.7 Å². The van der Waals surface area contributed by atoms with Crippen LogP contribution in [0.15, 0.2) is 59.0 Å². The van der Waals surface area contributed by atoms with Gasteiger partial charge in [0.1, 0.15) is 17.2 Å². The molecule has 0 aliphatic heterocycles. The van der Waals surface area contributed by atoms with Gasteiger partial charge in [-0.25, -0.2) is 17.6 Å². The molecule has 1 aliphatic rings. The van der Waals surface area contributed by atoms with Gasteiger partial charge in [-0.15, -0.1) is 0 Å². The van der Waals surface area contributed by atoms with Crippen LogP contribution in [0, 0.1) is 9.39 Å². The number of nitrogens with one attached hydrogen (secondary N) is 1. The lowest BCUT2D eigenvalue weighted by Gasteiger charge is -2.25.